The molecule has 0 amide bonds. The summed E-state index contributed by atoms with van der Waals surface area (Å²) in [6.07, 6.45) is 5.76. The van der Waals surface area contributed by atoms with Gasteiger partial charge in [0.2, 0.25) is 0 Å². The first-order valence-corrected chi connectivity index (χ1v) is 43.0. The molecule has 23 rings (SSSR count). The molecule has 42 atom stereocenters. The summed E-state index contributed by atoms with van der Waals surface area (Å²) in [5.41, 5.74) is 4.33. The van der Waals surface area contributed by atoms with E-state index in [0.29, 0.717) is 70.8 Å². The first kappa shape index (κ1) is 76.7. The van der Waals surface area contributed by atoms with Gasteiger partial charge in [-0.05, 0) is 138 Å². The molecule has 111 heavy (non-hydrogen) atoms. The third kappa shape index (κ3) is 14.2. The SMILES string of the molecule is C=C1C2C[C@@H]3O[C@H]4C[C@@H](O)[C@@H](CO)O[C@H]4[C@H](C)[C@H]3OC(=O)C[C@H]3CC[C@@H]4OC5[C@H]6O[C@@H]7C[C@](CC[C@H]8CC(=C)[C@H](CC[C@@H](C[C@H]1C)O2)O8)(OC6[C@H]4O3)O[C@@H]57.C=C1C2C[C@@H]3O[C@H]4C[C@H]5OC(C)(C)OC[C@H]5O[C@H]4[C@H](C)[C@H]3OC(=O)C[C@H]3CC[C@@H]4OC5[C@H]6O[C@@H]7C[C@](CC[C@H]8CC(=C)[C@H](CC[C@@H](C[C@H]1C)O2)O8)(OC6[C@H]4O3)O[C@@H]57. The molecule has 0 aromatic heterocycles. The zero-order chi connectivity index (χ0) is 76.0. The van der Waals surface area contributed by atoms with E-state index in [0.717, 1.165) is 99.3 Å². The van der Waals surface area contributed by atoms with Crippen LogP contribution in [0, 0.1) is 23.7 Å². The van der Waals surface area contributed by atoms with E-state index < -0.39 is 78.4 Å². The zero-order valence-corrected chi connectivity index (χ0v) is 65.5. The molecule has 2 spiro atoms. The number of carbonyl (C=O) groups excluding carboxylic acids is 2. The van der Waals surface area contributed by atoms with E-state index in [-0.39, 0.29) is 214 Å². The lowest BCUT2D eigenvalue weighted by Crippen LogP contribution is -2.64. The Kier molecular flexibility index (Phi) is 20.6. The van der Waals surface area contributed by atoms with E-state index in [2.05, 4.69) is 47.1 Å². The zero-order valence-electron chi connectivity index (χ0n) is 65.5. The normalized spacial score (nSPS) is 55.6. The molecule has 23 heterocycles. The molecule has 23 fully saturated rings. The summed E-state index contributed by atoms with van der Waals surface area (Å²) in [5.74, 6) is -2.91. The maximum absolute atomic E-state index is 14.1. The monoisotopic (exact) mass is 1560 g/mol. The van der Waals surface area contributed by atoms with Crippen molar-refractivity contribution in [2.75, 3.05) is 13.2 Å². The van der Waals surface area contributed by atoms with Gasteiger partial charge in [-0.1, -0.05) is 54.0 Å². The van der Waals surface area contributed by atoms with Crippen molar-refractivity contribution in [2.24, 2.45) is 23.7 Å². The van der Waals surface area contributed by atoms with Crippen LogP contribution in [-0.4, -0.2) is 272 Å². The second-order valence-corrected chi connectivity index (χ2v) is 37.9. The van der Waals surface area contributed by atoms with E-state index in [1.807, 2.05) is 20.8 Å². The van der Waals surface area contributed by atoms with Gasteiger partial charge in [-0.2, -0.15) is 0 Å². The summed E-state index contributed by atoms with van der Waals surface area (Å²) in [4.78, 5) is 28.1. The molecule has 23 aliphatic rings. The molecule has 0 saturated carbocycles. The van der Waals surface area contributed by atoms with Crippen LogP contribution in [0.3, 0.4) is 0 Å². The van der Waals surface area contributed by atoms with Crippen LogP contribution in [0.25, 0.3) is 0 Å². The van der Waals surface area contributed by atoms with Gasteiger partial charge in [0.05, 0.1) is 160 Å². The predicted octanol–water partition coefficient (Wildman–Crippen LogP) is 8.19. The minimum Gasteiger partial charge on any atom is -0.459 e. The molecular formula is C85H120O26. The smallest absolute Gasteiger partial charge is 0.308 e. The third-order valence-electron chi connectivity index (χ3n) is 30.0. The summed E-state index contributed by atoms with van der Waals surface area (Å²) < 4.78 is 147. The summed E-state index contributed by atoms with van der Waals surface area (Å²) >= 11 is 0. The highest BCUT2D eigenvalue weighted by molar-refractivity contribution is 5.71. The maximum Gasteiger partial charge on any atom is 0.308 e. The van der Waals surface area contributed by atoms with Crippen molar-refractivity contribution in [1.29, 1.82) is 0 Å². The molecule has 23 aliphatic heterocycles. The molecule has 23 saturated heterocycles. The van der Waals surface area contributed by atoms with Gasteiger partial charge in [0.1, 0.15) is 85.5 Å². The van der Waals surface area contributed by atoms with Crippen LogP contribution in [0.15, 0.2) is 48.6 Å². The molecule has 0 aromatic carbocycles. The Morgan fingerprint density at radius 2 is 0.784 bits per heavy atom. The summed E-state index contributed by atoms with van der Waals surface area (Å²) in [6, 6.07) is 0. The van der Waals surface area contributed by atoms with Crippen LogP contribution in [-0.2, 0) is 114 Å². The van der Waals surface area contributed by atoms with Crippen LogP contribution in [0.1, 0.15) is 196 Å². The lowest BCUT2D eigenvalue weighted by atomic mass is 9.79. The van der Waals surface area contributed by atoms with E-state index in [4.69, 9.17) is 104 Å². The average Bonchev–Trinajstić information content (AvgIpc) is 1.56. The second-order valence-electron chi connectivity index (χ2n) is 37.9. The molecule has 0 radical (unpaired) electrons. The van der Waals surface area contributed by atoms with Gasteiger partial charge < -0.3 is 114 Å². The molecule has 6 unspecified atom stereocenters. The van der Waals surface area contributed by atoms with Gasteiger partial charge in [-0.25, -0.2) is 0 Å². The van der Waals surface area contributed by atoms with E-state index in [1.165, 1.54) is 0 Å². The fraction of sp³-hybridized carbons (Fsp3) is 0.882. The first-order chi connectivity index (χ1) is 53.4. The number of hydrogen-bond acceptors (Lipinski definition) is 26. The Morgan fingerprint density at radius 3 is 1.29 bits per heavy atom. The first-order valence-electron chi connectivity index (χ1n) is 43.0. The van der Waals surface area contributed by atoms with Crippen molar-refractivity contribution < 1.29 is 124 Å². The standard InChI is InChI=1S/C44H62O13.C41H58O13/c1-20-13-24-7-9-27-21(2)14-26(47-27)11-12-44-18-33-39(56-44)40-41(52-33)42(57-44)38-28(51-40)10-8-25(49-38)15-35(45)54-37-23(4)36-32(50-31(37)16-29(48-24)22(20)3)17-30-34(53-36)19-46-43(5,6)55-30;1-18-11-22-5-7-26-19(2)12-24(45-26)9-10-41-16-31-37(53-41)38-39(50-31)40(54-41)36-27(49-38)8-6-23(47-36)13-33(44)52-35-21(4)34-29(14-25(43)32(17-42)51-34)48-30(35)15-28(46-22)20(18)3/h20,23-34,36-42H,2-3,7-19H2,1,4-6H3;18,21-32,34-40,42-43H,2-3,5-17H2,1,4H3/t20-,23+,24+,25-,26+,27+,28+,29?,30-,31+,32+,33-,34-,36+,37-,38+,39-,40?,41-,42?,44+;18-,21+,22+,23-,24+,25-,26+,27+,28?,29+,30+,31-,32-,34+,35-,36+,37-,38?,39-,40?,41+/m11/s1. The fourth-order valence-electron chi connectivity index (χ4n) is 24.1. The van der Waals surface area contributed by atoms with Crippen molar-refractivity contribution in [1.82, 2.24) is 0 Å². The Hall–Kier alpha value is -2.98. The average molecular weight is 1560 g/mol. The Balaban J connectivity index is 0.000000145. The minimum absolute atomic E-state index is 0.000828. The van der Waals surface area contributed by atoms with Gasteiger partial charge >= 0.3 is 11.9 Å². The van der Waals surface area contributed by atoms with Gasteiger partial charge in [0.15, 0.2) is 17.4 Å². The number of fused-ring (bicyclic) bond motifs is 15. The molecular weight excluding hydrogens is 1440 g/mol. The number of esters is 2. The van der Waals surface area contributed by atoms with Crippen molar-refractivity contribution in [3.63, 3.8) is 0 Å². The summed E-state index contributed by atoms with van der Waals surface area (Å²) in [7, 11) is 0. The van der Waals surface area contributed by atoms with Gasteiger partial charge in [-0.3, -0.25) is 9.59 Å². The highest BCUT2D eigenvalue weighted by Crippen LogP contribution is 2.58. The molecule has 26 heteroatoms. The van der Waals surface area contributed by atoms with E-state index >= 15 is 0 Å². The number of rotatable bonds is 1. The Labute approximate surface area is 651 Å². The highest BCUT2D eigenvalue weighted by atomic mass is 16.8. The highest BCUT2D eigenvalue weighted by Gasteiger charge is 2.71. The molecule has 26 nitrogen and oxygen atoms in total. The van der Waals surface area contributed by atoms with Crippen LogP contribution >= 0.6 is 0 Å². The van der Waals surface area contributed by atoms with Crippen LogP contribution in [0.4, 0.5) is 0 Å². The van der Waals surface area contributed by atoms with Gasteiger partial charge in [0, 0.05) is 63.2 Å². The van der Waals surface area contributed by atoms with Gasteiger partial charge in [-0.15, -0.1) is 0 Å². The summed E-state index contributed by atoms with van der Waals surface area (Å²) in [6.45, 7) is 30.4. The topological polar surface area (TPSA) is 278 Å². The molecule has 0 aromatic rings. The minimum atomic E-state index is -0.863. The Bertz CT molecular complexity index is 3520. The fourth-order valence-corrected chi connectivity index (χ4v) is 24.1. The third-order valence-corrected chi connectivity index (χ3v) is 30.0. The van der Waals surface area contributed by atoms with Crippen molar-refractivity contribution >= 4 is 11.9 Å². The second kappa shape index (κ2) is 29.8. The van der Waals surface area contributed by atoms with Crippen LogP contribution < -0.4 is 0 Å². The van der Waals surface area contributed by atoms with Crippen molar-refractivity contribution in [3.8, 4) is 0 Å². The lowest BCUT2D eigenvalue weighted by molar-refractivity contribution is -0.356. The Morgan fingerprint density at radius 1 is 0.360 bits per heavy atom. The number of aliphatic hydroxyl groups excluding tert-OH is 2. The van der Waals surface area contributed by atoms with Crippen molar-refractivity contribution in [2.45, 2.75) is 433 Å². The molecule has 616 valence electrons. The van der Waals surface area contributed by atoms with E-state index in [1.54, 1.807) is 0 Å². The molecule has 0 aliphatic carbocycles. The molecule has 2 N–H and O–H groups in total. The number of ether oxygens (including phenoxy) is 22. The van der Waals surface area contributed by atoms with Crippen LogP contribution in [0.2, 0.25) is 0 Å². The maximum atomic E-state index is 14.1. The van der Waals surface area contributed by atoms with Crippen molar-refractivity contribution in [3.05, 3.63) is 48.6 Å². The number of carbonyl (C=O) groups is 2. The largest absolute Gasteiger partial charge is 0.459 e. The summed E-state index contributed by atoms with van der Waals surface area (Å²) in [5, 5.41) is 20.7. The lowest BCUT2D eigenvalue weighted by Gasteiger charge is -2.53. The quantitative estimate of drug-likeness (QED) is 0.185. The molecule has 24 bridgehead atoms. The predicted molar refractivity (Wildman–Crippen MR) is 388 cm³/mol. The van der Waals surface area contributed by atoms with Crippen LogP contribution in [0.5, 0.6) is 0 Å². The number of aliphatic hydroxyl groups is 2. The van der Waals surface area contributed by atoms with Gasteiger partial charge in [0.25, 0.3) is 0 Å². The number of hydrogen-bond donors (Lipinski definition) is 2. The van der Waals surface area contributed by atoms with E-state index in [9.17, 15) is 19.8 Å².